The Hall–Kier alpha value is -4.64. The minimum Gasteiger partial charge on any atom is -0.478 e. The quantitative estimate of drug-likeness (QED) is 0.273. The molecule has 1 unspecified atom stereocenters. The Morgan fingerprint density at radius 2 is 1.31 bits per heavy atom. The average Bonchev–Trinajstić information content (AvgIpc) is 2.84. The number of aromatic carboxylic acids is 2. The van der Waals surface area contributed by atoms with Gasteiger partial charge < -0.3 is 26.6 Å². The molecule has 0 spiro atoms. The van der Waals surface area contributed by atoms with Crippen LogP contribution in [0.1, 0.15) is 48.4 Å². The molecule has 3 aromatic carbocycles. The molecule has 0 aromatic heterocycles. The maximum Gasteiger partial charge on any atom is 0.336 e. The van der Waals surface area contributed by atoms with Gasteiger partial charge in [-0.2, -0.15) is 0 Å². The predicted octanol–water partition coefficient (Wildman–Crippen LogP) is 3.55. The summed E-state index contributed by atoms with van der Waals surface area (Å²) in [6.45, 7) is 1.72. The van der Waals surface area contributed by atoms with Crippen molar-refractivity contribution in [3.63, 3.8) is 0 Å². The number of carbonyl (C=O) groups is 5. The first-order chi connectivity index (χ1) is 17.0. The van der Waals surface area contributed by atoms with E-state index in [1.54, 1.807) is 43.3 Å². The largest absolute Gasteiger partial charge is 0.478 e. The van der Waals surface area contributed by atoms with Crippen molar-refractivity contribution in [3.05, 3.63) is 89.0 Å². The zero-order valence-corrected chi connectivity index (χ0v) is 19.7. The van der Waals surface area contributed by atoms with Gasteiger partial charge >= 0.3 is 11.9 Å². The number of rotatable bonds is 9. The zero-order valence-electron chi connectivity index (χ0n) is 18.8. The average molecular weight is 508 g/mol. The molecule has 184 valence electrons. The van der Waals surface area contributed by atoms with Crippen LogP contribution in [0.15, 0.2) is 71.6 Å². The Bertz CT molecular complexity index is 1340. The van der Waals surface area contributed by atoms with Gasteiger partial charge in [0.2, 0.25) is 11.8 Å². The number of primary amides is 1. The third kappa shape index (κ3) is 6.48. The number of benzene rings is 3. The van der Waals surface area contributed by atoms with Gasteiger partial charge in [-0.15, -0.1) is 11.8 Å². The summed E-state index contributed by atoms with van der Waals surface area (Å²) in [5.41, 5.74) is 5.59. The first-order valence-corrected chi connectivity index (χ1v) is 11.3. The van der Waals surface area contributed by atoms with E-state index in [4.69, 9.17) is 10.8 Å². The van der Waals surface area contributed by atoms with Crippen molar-refractivity contribution in [1.29, 1.82) is 0 Å². The Morgan fingerprint density at radius 3 is 1.86 bits per heavy atom. The summed E-state index contributed by atoms with van der Waals surface area (Å²) in [4.78, 5) is 59.6. The van der Waals surface area contributed by atoms with Crippen LogP contribution in [0.4, 0.5) is 11.4 Å². The van der Waals surface area contributed by atoms with Crippen LogP contribution >= 0.6 is 11.8 Å². The fourth-order valence-electron chi connectivity index (χ4n) is 3.09. The molecule has 0 aliphatic rings. The highest BCUT2D eigenvalue weighted by Gasteiger charge is 2.20. The number of carbonyl (C=O) groups excluding carboxylic acids is 3. The topological polar surface area (TPSA) is 176 Å². The second kappa shape index (κ2) is 11.2. The van der Waals surface area contributed by atoms with E-state index in [2.05, 4.69) is 10.6 Å². The maximum atomic E-state index is 12.6. The van der Waals surface area contributed by atoms with Crippen LogP contribution in [-0.2, 0) is 4.79 Å². The zero-order chi connectivity index (χ0) is 26.4. The van der Waals surface area contributed by atoms with Gasteiger partial charge in [0, 0.05) is 21.8 Å². The highest BCUT2D eigenvalue weighted by molar-refractivity contribution is 8.00. The number of amides is 3. The van der Waals surface area contributed by atoms with Crippen LogP contribution < -0.4 is 16.4 Å². The fraction of sp³-hybridized carbons (Fsp3) is 0.0800. The summed E-state index contributed by atoms with van der Waals surface area (Å²) < 4.78 is 0. The van der Waals surface area contributed by atoms with E-state index in [1.807, 2.05) is 0 Å². The maximum absolute atomic E-state index is 12.6. The number of thioether (sulfide) groups is 1. The molecular weight excluding hydrogens is 486 g/mol. The van der Waals surface area contributed by atoms with E-state index in [9.17, 15) is 29.1 Å². The van der Waals surface area contributed by atoms with Crippen molar-refractivity contribution < 1.29 is 34.2 Å². The first-order valence-electron chi connectivity index (χ1n) is 10.4. The first kappa shape index (κ1) is 26.0. The van der Waals surface area contributed by atoms with Gasteiger partial charge in [0.15, 0.2) is 0 Å². The number of anilines is 2. The molecule has 3 aromatic rings. The molecule has 0 radical (unpaired) electrons. The summed E-state index contributed by atoms with van der Waals surface area (Å²) in [5, 5.41) is 23.3. The fourth-order valence-corrected chi connectivity index (χ4v) is 3.95. The molecule has 0 aliphatic heterocycles. The van der Waals surface area contributed by atoms with Crippen LogP contribution in [0.2, 0.25) is 0 Å². The molecule has 3 amide bonds. The van der Waals surface area contributed by atoms with Crippen molar-refractivity contribution in [3.8, 4) is 0 Å². The number of carboxylic acid groups (broad SMARTS) is 2. The highest BCUT2D eigenvalue weighted by atomic mass is 32.2. The molecule has 1 atom stereocenters. The monoisotopic (exact) mass is 507 g/mol. The number of nitrogens with two attached hydrogens (primary N) is 1. The lowest BCUT2D eigenvalue weighted by Crippen LogP contribution is -2.22. The van der Waals surface area contributed by atoms with Crippen molar-refractivity contribution in [2.45, 2.75) is 17.1 Å². The minimum atomic E-state index is -1.42. The SMILES string of the molecule is CC(Sc1ccc(NC(=O)c2ccc(C(=O)O)cc2C(=O)O)cc1)C(=O)Nc1ccc(C(N)=O)cc1. The lowest BCUT2D eigenvalue weighted by molar-refractivity contribution is -0.115. The summed E-state index contributed by atoms with van der Waals surface area (Å²) in [6, 6.07) is 16.0. The van der Waals surface area contributed by atoms with E-state index in [1.165, 1.54) is 23.9 Å². The van der Waals surface area contributed by atoms with Gasteiger partial charge in [-0.05, 0) is 73.7 Å². The molecule has 10 nitrogen and oxygen atoms in total. The third-order valence-corrected chi connectivity index (χ3v) is 6.08. The standard InChI is InChI=1S/C25H21N3O7S/c1-13(22(30)27-16-5-2-14(3-6-16)21(26)29)36-18-9-7-17(8-10-18)28-23(31)19-11-4-15(24(32)33)12-20(19)25(34)35/h2-13H,1H3,(H2,26,29)(H,27,30)(H,28,31)(H,32,33)(H,34,35). The van der Waals surface area contributed by atoms with E-state index >= 15 is 0 Å². The Balaban J connectivity index is 1.62. The molecule has 0 bridgehead atoms. The molecule has 0 heterocycles. The summed E-state index contributed by atoms with van der Waals surface area (Å²) in [7, 11) is 0. The van der Waals surface area contributed by atoms with Crippen molar-refractivity contribution >= 4 is 52.8 Å². The van der Waals surface area contributed by atoms with Gasteiger partial charge in [-0.1, -0.05) is 0 Å². The second-order valence-corrected chi connectivity index (χ2v) is 8.95. The lowest BCUT2D eigenvalue weighted by Gasteiger charge is -2.13. The predicted molar refractivity (Wildman–Crippen MR) is 134 cm³/mol. The molecule has 0 fully saturated rings. The number of hydrogen-bond acceptors (Lipinski definition) is 6. The molecule has 0 aliphatic carbocycles. The van der Waals surface area contributed by atoms with Crippen molar-refractivity contribution in [2.24, 2.45) is 5.73 Å². The number of hydrogen-bond donors (Lipinski definition) is 5. The smallest absolute Gasteiger partial charge is 0.336 e. The van der Waals surface area contributed by atoms with Crippen LogP contribution in [0, 0.1) is 0 Å². The normalized spacial score (nSPS) is 11.2. The molecule has 0 saturated carbocycles. The summed E-state index contributed by atoms with van der Waals surface area (Å²) in [6.07, 6.45) is 0. The molecule has 36 heavy (non-hydrogen) atoms. The van der Waals surface area contributed by atoms with Crippen LogP contribution in [0.25, 0.3) is 0 Å². The number of carboxylic acids is 2. The van der Waals surface area contributed by atoms with Gasteiger partial charge in [-0.25, -0.2) is 9.59 Å². The van der Waals surface area contributed by atoms with Gasteiger partial charge in [0.25, 0.3) is 5.91 Å². The van der Waals surface area contributed by atoms with E-state index in [-0.39, 0.29) is 17.0 Å². The Kier molecular flexibility index (Phi) is 8.07. The van der Waals surface area contributed by atoms with Gasteiger partial charge in [-0.3, -0.25) is 14.4 Å². The molecule has 3 rings (SSSR count). The minimum absolute atomic E-state index is 0.180. The van der Waals surface area contributed by atoms with Crippen molar-refractivity contribution in [2.75, 3.05) is 10.6 Å². The van der Waals surface area contributed by atoms with E-state index < -0.39 is 34.6 Å². The molecule has 6 N–H and O–H groups in total. The Morgan fingerprint density at radius 1 is 0.750 bits per heavy atom. The third-order valence-electron chi connectivity index (χ3n) is 4.97. The lowest BCUT2D eigenvalue weighted by atomic mass is 10.0. The molecular formula is C25H21N3O7S. The highest BCUT2D eigenvalue weighted by Crippen LogP contribution is 2.26. The van der Waals surface area contributed by atoms with Crippen LogP contribution in [-0.4, -0.2) is 45.1 Å². The summed E-state index contributed by atoms with van der Waals surface area (Å²) in [5.74, 6) is -4.25. The summed E-state index contributed by atoms with van der Waals surface area (Å²) >= 11 is 1.28. The van der Waals surface area contributed by atoms with Gasteiger partial charge in [0.1, 0.15) is 0 Å². The van der Waals surface area contributed by atoms with Crippen molar-refractivity contribution in [1.82, 2.24) is 0 Å². The second-order valence-electron chi connectivity index (χ2n) is 7.54. The van der Waals surface area contributed by atoms with E-state index in [0.29, 0.717) is 16.9 Å². The van der Waals surface area contributed by atoms with Gasteiger partial charge in [0.05, 0.1) is 21.9 Å². The number of nitrogens with one attached hydrogen (secondary N) is 2. The Labute approximate surface area is 209 Å². The van der Waals surface area contributed by atoms with Crippen LogP contribution in [0.5, 0.6) is 0 Å². The van der Waals surface area contributed by atoms with E-state index in [0.717, 1.165) is 23.1 Å². The molecule has 11 heteroatoms. The molecule has 0 saturated heterocycles. The van der Waals surface area contributed by atoms with Crippen LogP contribution in [0.3, 0.4) is 0 Å².